The first-order valence-electron chi connectivity index (χ1n) is 7.90. The molecule has 0 aliphatic carbocycles. The fourth-order valence-electron chi connectivity index (χ4n) is 2.68. The molecule has 0 atom stereocenters. The maximum atomic E-state index is 13.0. The van der Waals surface area contributed by atoms with Crippen molar-refractivity contribution >= 4 is 17.5 Å². The van der Waals surface area contributed by atoms with Crippen molar-refractivity contribution in [2.45, 2.75) is 13.3 Å². The molecule has 25 heavy (non-hydrogen) atoms. The molecule has 3 rings (SSSR count). The molecule has 0 spiro atoms. The number of fused-ring (bicyclic) bond motifs is 1. The summed E-state index contributed by atoms with van der Waals surface area (Å²) >= 11 is 0. The van der Waals surface area contributed by atoms with E-state index in [1.807, 2.05) is 31.2 Å². The lowest BCUT2D eigenvalue weighted by Crippen LogP contribution is -2.05. The van der Waals surface area contributed by atoms with E-state index in [1.165, 1.54) is 12.1 Å². The highest BCUT2D eigenvalue weighted by atomic mass is 19.1. The predicted octanol–water partition coefficient (Wildman–Crippen LogP) is 4.28. The van der Waals surface area contributed by atoms with E-state index in [0.29, 0.717) is 17.9 Å². The Kier molecular flexibility index (Phi) is 4.93. The Morgan fingerprint density at radius 1 is 0.960 bits per heavy atom. The van der Waals surface area contributed by atoms with Gasteiger partial charge in [-0.2, -0.15) is 10.2 Å². The van der Waals surface area contributed by atoms with E-state index in [1.54, 1.807) is 26.4 Å². The molecule has 1 heterocycles. The molecule has 5 heteroatoms. The Bertz CT molecular complexity index is 868. The highest BCUT2D eigenvalue weighted by molar-refractivity contribution is 6.13. The van der Waals surface area contributed by atoms with Crippen LogP contribution in [0.4, 0.5) is 4.39 Å². The Labute approximate surface area is 146 Å². The van der Waals surface area contributed by atoms with Gasteiger partial charge in [-0.05, 0) is 48.4 Å². The first-order chi connectivity index (χ1) is 12.1. The van der Waals surface area contributed by atoms with Crippen LogP contribution in [0, 0.1) is 5.82 Å². The summed E-state index contributed by atoms with van der Waals surface area (Å²) in [5, 5.41) is 8.63. The average Bonchev–Trinajstić information content (AvgIpc) is 2.78. The van der Waals surface area contributed by atoms with Gasteiger partial charge >= 0.3 is 0 Å². The van der Waals surface area contributed by atoms with E-state index in [-0.39, 0.29) is 5.82 Å². The van der Waals surface area contributed by atoms with Crippen LogP contribution in [0.1, 0.15) is 23.6 Å². The molecule has 0 unspecified atom stereocenters. The van der Waals surface area contributed by atoms with E-state index >= 15 is 0 Å². The lowest BCUT2D eigenvalue weighted by molar-refractivity contribution is 0.354. The zero-order valence-corrected chi connectivity index (χ0v) is 14.4. The summed E-state index contributed by atoms with van der Waals surface area (Å²) in [6, 6.07) is 10.2. The Hall–Kier alpha value is -2.95. The van der Waals surface area contributed by atoms with Crippen molar-refractivity contribution in [3.63, 3.8) is 0 Å². The molecular formula is C20H19FN2O2. The smallest absolute Gasteiger partial charge is 0.161 e. The van der Waals surface area contributed by atoms with Crippen LogP contribution in [0.3, 0.4) is 0 Å². The number of halogens is 1. The molecule has 0 saturated carbocycles. The lowest BCUT2D eigenvalue weighted by Gasteiger charge is -2.13. The number of allylic oxidation sites excluding steroid dienone is 1. The molecule has 4 nitrogen and oxygen atoms in total. The van der Waals surface area contributed by atoms with Crippen molar-refractivity contribution in [3.05, 3.63) is 65.0 Å². The molecular weight excluding hydrogens is 319 g/mol. The SMILES string of the molecule is COc1cc2c(cc1OC)C(C=Cc1ccc(F)cc1)=NN=C(C)C2. The van der Waals surface area contributed by atoms with Crippen LogP contribution in [0.5, 0.6) is 11.5 Å². The fourth-order valence-corrected chi connectivity index (χ4v) is 2.68. The van der Waals surface area contributed by atoms with Crippen molar-refractivity contribution in [3.8, 4) is 11.5 Å². The van der Waals surface area contributed by atoms with E-state index in [9.17, 15) is 4.39 Å². The first-order valence-corrected chi connectivity index (χ1v) is 7.90. The third-order valence-electron chi connectivity index (χ3n) is 3.96. The third-order valence-corrected chi connectivity index (χ3v) is 3.96. The minimum Gasteiger partial charge on any atom is -0.493 e. The van der Waals surface area contributed by atoms with Crippen molar-refractivity contribution in [1.82, 2.24) is 0 Å². The van der Waals surface area contributed by atoms with E-state index in [4.69, 9.17) is 9.47 Å². The molecule has 0 bridgehead atoms. The summed E-state index contributed by atoms with van der Waals surface area (Å²) in [6.07, 6.45) is 4.45. The summed E-state index contributed by atoms with van der Waals surface area (Å²) < 4.78 is 23.8. The van der Waals surface area contributed by atoms with Gasteiger partial charge in [0.1, 0.15) is 5.82 Å². The Morgan fingerprint density at radius 2 is 1.64 bits per heavy atom. The zero-order valence-electron chi connectivity index (χ0n) is 14.4. The van der Waals surface area contributed by atoms with Crippen LogP contribution in [0.25, 0.3) is 6.08 Å². The van der Waals surface area contributed by atoms with Crippen LogP contribution in [0.2, 0.25) is 0 Å². The Balaban J connectivity index is 2.03. The summed E-state index contributed by atoms with van der Waals surface area (Å²) in [6.45, 7) is 1.94. The number of hydrogen-bond acceptors (Lipinski definition) is 4. The van der Waals surface area contributed by atoms with Gasteiger partial charge in [0.2, 0.25) is 0 Å². The van der Waals surface area contributed by atoms with Gasteiger partial charge in [0.25, 0.3) is 0 Å². The molecule has 2 aromatic rings. The molecule has 0 aromatic heterocycles. The molecule has 0 saturated heterocycles. The van der Waals surface area contributed by atoms with Gasteiger partial charge in [0.05, 0.1) is 19.9 Å². The van der Waals surface area contributed by atoms with E-state index in [2.05, 4.69) is 10.2 Å². The number of nitrogens with zero attached hydrogens (tertiary/aromatic N) is 2. The molecule has 0 radical (unpaired) electrons. The maximum Gasteiger partial charge on any atom is 0.161 e. The van der Waals surface area contributed by atoms with Gasteiger partial charge in [-0.1, -0.05) is 18.2 Å². The molecule has 1 aliphatic heterocycles. The lowest BCUT2D eigenvalue weighted by atomic mass is 9.97. The molecule has 128 valence electrons. The van der Waals surface area contributed by atoms with E-state index in [0.717, 1.165) is 28.1 Å². The summed E-state index contributed by atoms with van der Waals surface area (Å²) in [7, 11) is 3.22. The highest BCUT2D eigenvalue weighted by Gasteiger charge is 2.17. The van der Waals surface area contributed by atoms with Crippen LogP contribution >= 0.6 is 0 Å². The summed E-state index contributed by atoms with van der Waals surface area (Å²) in [5.74, 6) is 1.06. The highest BCUT2D eigenvalue weighted by Crippen LogP contribution is 2.32. The number of benzene rings is 2. The van der Waals surface area contributed by atoms with Gasteiger partial charge in [0.15, 0.2) is 11.5 Å². The molecule has 1 aliphatic rings. The van der Waals surface area contributed by atoms with Crippen molar-refractivity contribution in [2.75, 3.05) is 14.2 Å². The van der Waals surface area contributed by atoms with Gasteiger partial charge in [-0.25, -0.2) is 4.39 Å². The molecule has 0 N–H and O–H groups in total. The topological polar surface area (TPSA) is 43.2 Å². The van der Waals surface area contributed by atoms with Gasteiger partial charge in [-0.15, -0.1) is 0 Å². The quantitative estimate of drug-likeness (QED) is 0.835. The second kappa shape index (κ2) is 7.30. The fraction of sp³-hybridized carbons (Fsp3) is 0.200. The maximum absolute atomic E-state index is 13.0. The predicted molar refractivity (Wildman–Crippen MR) is 98.3 cm³/mol. The van der Waals surface area contributed by atoms with Crippen molar-refractivity contribution < 1.29 is 13.9 Å². The van der Waals surface area contributed by atoms with Crippen molar-refractivity contribution in [1.29, 1.82) is 0 Å². The van der Waals surface area contributed by atoms with Crippen molar-refractivity contribution in [2.24, 2.45) is 10.2 Å². The van der Waals surface area contributed by atoms with Crippen LogP contribution < -0.4 is 9.47 Å². The number of rotatable bonds is 4. The Morgan fingerprint density at radius 3 is 2.32 bits per heavy atom. The second-order valence-corrected chi connectivity index (χ2v) is 5.75. The van der Waals surface area contributed by atoms with Crippen LogP contribution in [-0.2, 0) is 6.42 Å². The van der Waals surface area contributed by atoms with Gasteiger partial charge < -0.3 is 9.47 Å². The van der Waals surface area contributed by atoms with Crippen LogP contribution in [0.15, 0.2) is 52.7 Å². The molecule has 2 aromatic carbocycles. The summed E-state index contributed by atoms with van der Waals surface area (Å²) in [5.41, 5.74) is 4.53. The number of hydrogen-bond donors (Lipinski definition) is 0. The molecule has 0 fully saturated rings. The normalized spacial score (nSPS) is 13.8. The largest absolute Gasteiger partial charge is 0.493 e. The third kappa shape index (κ3) is 3.76. The monoisotopic (exact) mass is 338 g/mol. The molecule has 0 amide bonds. The standard InChI is InChI=1S/C20H19FN2O2/c1-13-10-15-11-19(24-2)20(25-3)12-17(15)18(23-22-13)9-6-14-4-7-16(21)8-5-14/h4-9,11-12H,10H2,1-3H3. The zero-order chi connectivity index (χ0) is 17.8. The summed E-state index contributed by atoms with van der Waals surface area (Å²) in [4.78, 5) is 0. The van der Waals surface area contributed by atoms with Gasteiger partial charge in [-0.3, -0.25) is 0 Å². The van der Waals surface area contributed by atoms with E-state index < -0.39 is 0 Å². The number of methoxy groups -OCH3 is 2. The minimum absolute atomic E-state index is 0.258. The average molecular weight is 338 g/mol. The van der Waals surface area contributed by atoms with Gasteiger partial charge in [0, 0.05) is 17.7 Å². The second-order valence-electron chi connectivity index (χ2n) is 5.75. The number of ether oxygens (including phenoxy) is 2. The first kappa shape index (κ1) is 16.9. The minimum atomic E-state index is -0.258. The van der Waals surface area contributed by atoms with Crippen LogP contribution in [-0.4, -0.2) is 25.6 Å².